The maximum Gasteiger partial charge on any atom is 0.252 e. The summed E-state index contributed by atoms with van der Waals surface area (Å²) in [6.07, 6.45) is 0.581. The van der Waals surface area contributed by atoms with Gasteiger partial charge in [-0.05, 0) is 34.5 Å². The van der Waals surface area contributed by atoms with Crippen LogP contribution in [-0.4, -0.2) is 18.0 Å². The Kier molecular flexibility index (Phi) is 3.96. The fourth-order valence-corrected chi connectivity index (χ4v) is 2.78. The lowest BCUT2D eigenvalue weighted by Crippen LogP contribution is -2.15. The maximum atomic E-state index is 11.5. The molecule has 0 fully saturated rings. The molecule has 1 aromatic heterocycles. The minimum absolute atomic E-state index is 0.279. The van der Waals surface area contributed by atoms with Crippen LogP contribution < -0.4 is 10.5 Å². The van der Waals surface area contributed by atoms with Crippen LogP contribution in [0.25, 0.3) is 10.9 Å². The third kappa shape index (κ3) is 2.40. The standard InChI is InChI=1S/C13H12BrClN2O2/c1-3-8-11(13(16)18)12(15)6-4-10(19-2)7(14)5-9(6)17-8/h4-5H,3H2,1-2H3,(H2,16,18). The molecule has 19 heavy (non-hydrogen) atoms. The number of aromatic nitrogens is 1. The summed E-state index contributed by atoms with van der Waals surface area (Å²) in [6.45, 7) is 1.90. The lowest BCUT2D eigenvalue weighted by Gasteiger charge is -2.11. The predicted molar refractivity (Wildman–Crippen MR) is 78.9 cm³/mol. The smallest absolute Gasteiger partial charge is 0.252 e. The van der Waals surface area contributed by atoms with E-state index in [-0.39, 0.29) is 5.56 Å². The number of amides is 1. The van der Waals surface area contributed by atoms with Crippen molar-refractivity contribution in [2.75, 3.05) is 7.11 Å². The fourth-order valence-electron chi connectivity index (χ4n) is 1.94. The highest BCUT2D eigenvalue weighted by Gasteiger charge is 2.18. The van der Waals surface area contributed by atoms with Gasteiger partial charge in [0.05, 0.1) is 33.4 Å². The number of halogens is 2. The third-order valence-corrected chi connectivity index (χ3v) is 3.86. The Morgan fingerprint density at radius 2 is 2.21 bits per heavy atom. The van der Waals surface area contributed by atoms with E-state index in [0.29, 0.717) is 33.8 Å². The van der Waals surface area contributed by atoms with Gasteiger partial charge in [0, 0.05) is 5.39 Å². The molecule has 0 spiro atoms. The van der Waals surface area contributed by atoms with Gasteiger partial charge in [0.15, 0.2) is 0 Å². The summed E-state index contributed by atoms with van der Waals surface area (Å²) in [6, 6.07) is 3.55. The van der Waals surface area contributed by atoms with Crippen molar-refractivity contribution in [2.24, 2.45) is 5.73 Å². The Morgan fingerprint density at radius 3 is 2.74 bits per heavy atom. The molecule has 6 heteroatoms. The molecule has 1 amide bonds. The van der Waals surface area contributed by atoms with Crippen molar-refractivity contribution in [2.45, 2.75) is 13.3 Å². The van der Waals surface area contributed by atoms with E-state index in [9.17, 15) is 4.79 Å². The molecule has 4 nitrogen and oxygen atoms in total. The first-order valence-corrected chi connectivity index (χ1v) is 6.82. The average Bonchev–Trinajstić information content (AvgIpc) is 2.37. The number of ether oxygens (including phenoxy) is 1. The molecule has 100 valence electrons. The van der Waals surface area contributed by atoms with Gasteiger partial charge in [0.25, 0.3) is 5.91 Å². The van der Waals surface area contributed by atoms with Gasteiger partial charge >= 0.3 is 0 Å². The van der Waals surface area contributed by atoms with E-state index in [0.717, 1.165) is 4.47 Å². The van der Waals surface area contributed by atoms with Crippen LogP contribution in [0, 0.1) is 0 Å². The number of aryl methyl sites for hydroxylation is 1. The van der Waals surface area contributed by atoms with Gasteiger partial charge in [-0.25, -0.2) is 0 Å². The number of carbonyl (C=O) groups excluding carboxylic acids is 1. The van der Waals surface area contributed by atoms with Crippen LogP contribution in [0.3, 0.4) is 0 Å². The van der Waals surface area contributed by atoms with Crippen LogP contribution in [0.5, 0.6) is 5.75 Å². The predicted octanol–water partition coefficient (Wildman–Crippen LogP) is 3.32. The van der Waals surface area contributed by atoms with E-state index >= 15 is 0 Å². The second-order valence-corrected chi connectivity index (χ2v) is 5.20. The third-order valence-electron chi connectivity index (χ3n) is 2.85. The number of primary amides is 1. The molecule has 2 N–H and O–H groups in total. The summed E-state index contributed by atoms with van der Waals surface area (Å²) >= 11 is 9.69. The van der Waals surface area contributed by atoms with Crippen molar-refractivity contribution in [1.82, 2.24) is 4.98 Å². The monoisotopic (exact) mass is 342 g/mol. The Balaban J connectivity index is 2.88. The van der Waals surface area contributed by atoms with Crippen LogP contribution in [0.2, 0.25) is 5.02 Å². The molecule has 0 unspecified atom stereocenters. The number of rotatable bonds is 3. The molecule has 2 aromatic rings. The lowest BCUT2D eigenvalue weighted by molar-refractivity contribution is 0.0999. The topological polar surface area (TPSA) is 65.2 Å². The van der Waals surface area contributed by atoms with Crippen molar-refractivity contribution < 1.29 is 9.53 Å². The summed E-state index contributed by atoms with van der Waals surface area (Å²) in [5, 5.41) is 0.966. The average molecular weight is 344 g/mol. The Bertz CT molecular complexity index is 673. The van der Waals surface area contributed by atoms with E-state index in [4.69, 9.17) is 22.1 Å². The molecule has 0 atom stereocenters. The van der Waals surface area contributed by atoms with Crippen molar-refractivity contribution in [3.8, 4) is 5.75 Å². The molecular weight excluding hydrogens is 332 g/mol. The second kappa shape index (κ2) is 5.35. The van der Waals surface area contributed by atoms with E-state index < -0.39 is 5.91 Å². The first-order valence-electron chi connectivity index (χ1n) is 5.65. The Labute approximate surface area is 124 Å². The van der Waals surface area contributed by atoms with Gasteiger partial charge in [0.2, 0.25) is 0 Å². The summed E-state index contributed by atoms with van der Waals surface area (Å²) in [5.41, 5.74) is 6.95. The molecule has 0 aliphatic heterocycles. The molecule has 0 radical (unpaired) electrons. The Morgan fingerprint density at radius 1 is 1.53 bits per heavy atom. The summed E-state index contributed by atoms with van der Waals surface area (Å²) < 4.78 is 5.99. The zero-order valence-corrected chi connectivity index (χ0v) is 12.8. The summed E-state index contributed by atoms with van der Waals surface area (Å²) in [7, 11) is 1.56. The molecule has 0 bridgehead atoms. The lowest BCUT2D eigenvalue weighted by atomic mass is 10.1. The molecular formula is C13H12BrClN2O2. The first kappa shape index (κ1) is 14.1. The van der Waals surface area contributed by atoms with Gasteiger partial charge in [-0.1, -0.05) is 18.5 Å². The second-order valence-electron chi connectivity index (χ2n) is 3.97. The molecule has 1 heterocycles. The largest absolute Gasteiger partial charge is 0.496 e. The number of methoxy groups -OCH3 is 1. The minimum atomic E-state index is -0.571. The molecule has 0 aliphatic rings. The van der Waals surface area contributed by atoms with Crippen LogP contribution >= 0.6 is 27.5 Å². The van der Waals surface area contributed by atoms with Crippen LogP contribution in [-0.2, 0) is 6.42 Å². The number of carbonyl (C=O) groups is 1. The van der Waals surface area contributed by atoms with Crippen LogP contribution in [0.4, 0.5) is 0 Å². The highest BCUT2D eigenvalue weighted by Crippen LogP contribution is 2.35. The quantitative estimate of drug-likeness (QED) is 0.929. The van der Waals surface area contributed by atoms with Crippen molar-refractivity contribution >= 4 is 44.3 Å². The number of hydrogen-bond donors (Lipinski definition) is 1. The number of pyridine rings is 1. The molecule has 2 rings (SSSR count). The highest BCUT2D eigenvalue weighted by atomic mass is 79.9. The SMILES string of the molecule is CCc1nc2cc(Br)c(OC)cc2c(Cl)c1C(N)=O. The van der Waals surface area contributed by atoms with Gasteiger partial charge in [-0.15, -0.1) is 0 Å². The number of fused-ring (bicyclic) bond motifs is 1. The van der Waals surface area contributed by atoms with Crippen LogP contribution in [0.1, 0.15) is 23.0 Å². The fraction of sp³-hybridized carbons (Fsp3) is 0.231. The number of nitrogens with two attached hydrogens (primary N) is 1. The number of nitrogens with zero attached hydrogens (tertiary/aromatic N) is 1. The Hall–Kier alpha value is -1.33. The van der Waals surface area contributed by atoms with E-state index in [1.807, 2.05) is 13.0 Å². The van der Waals surface area contributed by atoms with Gasteiger partial charge < -0.3 is 10.5 Å². The summed E-state index contributed by atoms with van der Waals surface area (Å²) in [5.74, 6) is 0.0500. The van der Waals surface area contributed by atoms with Crippen molar-refractivity contribution in [1.29, 1.82) is 0 Å². The zero-order chi connectivity index (χ0) is 14.2. The van der Waals surface area contributed by atoms with Crippen LogP contribution in [0.15, 0.2) is 16.6 Å². The molecule has 0 saturated carbocycles. The molecule has 0 saturated heterocycles. The van der Waals surface area contributed by atoms with Gasteiger partial charge in [-0.2, -0.15) is 0 Å². The van der Waals surface area contributed by atoms with Crippen molar-refractivity contribution in [3.05, 3.63) is 32.9 Å². The molecule has 1 aromatic carbocycles. The maximum absolute atomic E-state index is 11.5. The summed E-state index contributed by atoms with van der Waals surface area (Å²) in [4.78, 5) is 16.0. The number of benzene rings is 1. The van der Waals surface area contributed by atoms with E-state index in [1.165, 1.54) is 0 Å². The van der Waals surface area contributed by atoms with Gasteiger partial charge in [-0.3, -0.25) is 9.78 Å². The number of hydrogen-bond acceptors (Lipinski definition) is 3. The van der Waals surface area contributed by atoms with E-state index in [2.05, 4.69) is 20.9 Å². The minimum Gasteiger partial charge on any atom is -0.496 e. The first-order chi connectivity index (χ1) is 8.99. The van der Waals surface area contributed by atoms with E-state index in [1.54, 1.807) is 13.2 Å². The molecule has 0 aliphatic carbocycles. The zero-order valence-electron chi connectivity index (χ0n) is 10.5. The van der Waals surface area contributed by atoms with Gasteiger partial charge in [0.1, 0.15) is 5.75 Å². The highest BCUT2D eigenvalue weighted by molar-refractivity contribution is 9.10. The van der Waals surface area contributed by atoms with Crippen molar-refractivity contribution in [3.63, 3.8) is 0 Å². The normalized spacial score (nSPS) is 10.7.